The van der Waals surface area contributed by atoms with E-state index < -0.39 is 0 Å². The number of hydrogen-bond acceptors (Lipinski definition) is 4. The van der Waals surface area contributed by atoms with Gasteiger partial charge in [0, 0.05) is 30.4 Å². The van der Waals surface area contributed by atoms with Gasteiger partial charge in [0.15, 0.2) is 5.65 Å². The predicted molar refractivity (Wildman–Crippen MR) is 85.8 cm³/mol. The summed E-state index contributed by atoms with van der Waals surface area (Å²) in [6.07, 6.45) is 4.47. The van der Waals surface area contributed by atoms with Crippen molar-refractivity contribution < 1.29 is 0 Å². The van der Waals surface area contributed by atoms with Gasteiger partial charge in [-0.15, -0.1) is 0 Å². The number of aromatic nitrogens is 3. The molecule has 0 spiro atoms. The highest BCUT2D eigenvalue weighted by molar-refractivity contribution is 5.49. The van der Waals surface area contributed by atoms with Crippen molar-refractivity contribution in [3.05, 3.63) is 24.0 Å². The molecule has 1 fully saturated rings. The molecule has 1 atom stereocenters. The minimum Gasteiger partial charge on any atom is -0.368 e. The lowest BCUT2D eigenvalue weighted by Crippen LogP contribution is -2.35. The third-order valence-corrected chi connectivity index (χ3v) is 4.31. The van der Waals surface area contributed by atoms with E-state index in [1.54, 1.807) is 0 Å². The monoisotopic (exact) mass is 287 g/mol. The number of nitrogens with one attached hydrogen (secondary N) is 1. The van der Waals surface area contributed by atoms with Gasteiger partial charge in [-0.25, -0.2) is 4.98 Å². The van der Waals surface area contributed by atoms with Gasteiger partial charge >= 0.3 is 0 Å². The second-order valence-corrected chi connectivity index (χ2v) is 6.30. The Kier molecular flexibility index (Phi) is 4.10. The zero-order valence-corrected chi connectivity index (χ0v) is 13.2. The first kappa shape index (κ1) is 14.3. The normalized spacial score (nSPS) is 17.7. The molecule has 114 valence electrons. The van der Waals surface area contributed by atoms with E-state index in [1.165, 1.54) is 25.9 Å². The van der Waals surface area contributed by atoms with Crippen LogP contribution in [0.25, 0.3) is 5.65 Å². The van der Waals surface area contributed by atoms with Gasteiger partial charge in [-0.1, -0.05) is 13.8 Å². The second-order valence-electron chi connectivity index (χ2n) is 6.30. The summed E-state index contributed by atoms with van der Waals surface area (Å²) in [6, 6.07) is 4.64. The number of nitrogens with zero attached hydrogens (tertiary/aromatic N) is 4. The van der Waals surface area contributed by atoms with Crippen LogP contribution < -0.4 is 5.32 Å². The predicted octanol–water partition coefficient (Wildman–Crippen LogP) is 2.75. The summed E-state index contributed by atoms with van der Waals surface area (Å²) in [7, 11) is 0. The van der Waals surface area contributed by atoms with E-state index in [-0.39, 0.29) is 0 Å². The maximum Gasteiger partial charge on any atom is 0.157 e. The van der Waals surface area contributed by atoms with Crippen LogP contribution in [0, 0.1) is 0 Å². The Bertz CT molecular complexity index is 598. The molecule has 2 aromatic rings. The molecule has 3 rings (SSSR count). The lowest BCUT2D eigenvalue weighted by atomic mass is 10.1. The van der Waals surface area contributed by atoms with E-state index in [1.807, 2.05) is 16.8 Å². The Morgan fingerprint density at radius 1 is 1.24 bits per heavy atom. The van der Waals surface area contributed by atoms with Gasteiger partial charge < -0.3 is 5.32 Å². The molecule has 0 unspecified atom stereocenters. The summed E-state index contributed by atoms with van der Waals surface area (Å²) >= 11 is 0. The fourth-order valence-electron chi connectivity index (χ4n) is 2.92. The van der Waals surface area contributed by atoms with Gasteiger partial charge in [-0.05, 0) is 38.8 Å². The molecular weight excluding hydrogens is 262 g/mol. The van der Waals surface area contributed by atoms with E-state index in [4.69, 9.17) is 0 Å². The average Bonchev–Trinajstić information content (AvgIpc) is 3.14. The highest BCUT2D eigenvalue weighted by Crippen LogP contribution is 2.19. The van der Waals surface area contributed by atoms with Crippen LogP contribution in [0.1, 0.15) is 45.2 Å². The van der Waals surface area contributed by atoms with Crippen molar-refractivity contribution in [2.45, 2.75) is 45.6 Å². The molecule has 2 aromatic heterocycles. The summed E-state index contributed by atoms with van der Waals surface area (Å²) in [6.45, 7) is 10.0. The van der Waals surface area contributed by atoms with Crippen LogP contribution in [0.2, 0.25) is 0 Å². The van der Waals surface area contributed by atoms with E-state index in [9.17, 15) is 0 Å². The first-order valence-corrected chi connectivity index (χ1v) is 7.98. The molecular formula is C16H25N5. The molecule has 1 aliphatic heterocycles. The lowest BCUT2D eigenvalue weighted by Gasteiger charge is -2.24. The Labute approximate surface area is 126 Å². The zero-order valence-electron chi connectivity index (χ0n) is 13.2. The fraction of sp³-hybridized carbons (Fsp3) is 0.625. The van der Waals surface area contributed by atoms with E-state index >= 15 is 0 Å². The standard InChI is InChI=1S/C16H25N5/c1-12(2)14-10-16(21-15(19-14)6-7-18-21)17-11-13(3)20-8-4-5-9-20/h6-7,10,12-13,17H,4-5,8-9,11H2,1-3H3/t13-/m0/s1. The number of anilines is 1. The van der Waals surface area contributed by atoms with Gasteiger partial charge in [0.1, 0.15) is 5.82 Å². The van der Waals surface area contributed by atoms with E-state index in [0.29, 0.717) is 12.0 Å². The van der Waals surface area contributed by atoms with Crippen LogP contribution in [0.15, 0.2) is 18.3 Å². The molecule has 0 radical (unpaired) electrons. The van der Waals surface area contributed by atoms with Crippen molar-refractivity contribution in [3.8, 4) is 0 Å². The average molecular weight is 287 g/mol. The van der Waals surface area contributed by atoms with E-state index in [2.05, 4.69) is 47.1 Å². The lowest BCUT2D eigenvalue weighted by molar-refractivity contribution is 0.269. The largest absolute Gasteiger partial charge is 0.368 e. The summed E-state index contributed by atoms with van der Waals surface area (Å²) in [5.41, 5.74) is 2.02. The minimum atomic E-state index is 0.418. The van der Waals surface area contributed by atoms with Gasteiger partial charge in [-0.2, -0.15) is 9.61 Å². The van der Waals surface area contributed by atoms with Crippen molar-refractivity contribution in [2.24, 2.45) is 0 Å². The van der Waals surface area contributed by atoms with Gasteiger partial charge in [0.2, 0.25) is 0 Å². The molecule has 1 N–H and O–H groups in total. The molecule has 0 aromatic carbocycles. The smallest absolute Gasteiger partial charge is 0.157 e. The van der Waals surface area contributed by atoms with Gasteiger partial charge in [-0.3, -0.25) is 4.90 Å². The molecule has 5 nitrogen and oxygen atoms in total. The quantitative estimate of drug-likeness (QED) is 0.918. The first-order chi connectivity index (χ1) is 10.1. The van der Waals surface area contributed by atoms with Gasteiger partial charge in [0.25, 0.3) is 0 Å². The molecule has 1 saturated heterocycles. The fourth-order valence-corrected chi connectivity index (χ4v) is 2.92. The number of rotatable bonds is 5. The van der Waals surface area contributed by atoms with Gasteiger partial charge in [0.05, 0.1) is 6.20 Å². The summed E-state index contributed by atoms with van der Waals surface area (Å²) in [4.78, 5) is 7.20. The Morgan fingerprint density at radius 2 is 2.00 bits per heavy atom. The Balaban J connectivity index is 1.77. The van der Waals surface area contributed by atoms with Crippen molar-refractivity contribution in [1.82, 2.24) is 19.5 Å². The Morgan fingerprint density at radius 3 is 2.71 bits per heavy atom. The molecule has 1 aliphatic rings. The summed E-state index contributed by atoms with van der Waals surface area (Å²) in [5, 5.41) is 7.94. The second kappa shape index (κ2) is 6.02. The number of likely N-dealkylation sites (tertiary alicyclic amines) is 1. The van der Waals surface area contributed by atoms with E-state index in [0.717, 1.165) is 23.7 Å². The van der Waals surface area contributed by atoms with Crippen LogP contribution in [0.5, 0.6) is 0 Å². The molecule has 0 bridgehead atoms. The minimum absolute atomic E-state index is 0.418. The molecule has 21 heavy (non-hydrogen) atoms. The topological polar surface area (TPSA) is 45.5 Å². The molecule has 0 saturated carbocycles. The molecule has 3 heterocycles. The SMILES string of the molecule is CC(C)c1cc(NC[C@H](C)N2CCCC2)n2nccc2n1. The van der Waals surface area contributed by atoms with Crippen LogP contribution in [-0.2, 0) is 0 Å². The van der Waals surface area contributed by atoms with Crippen molar-refractivity contribution in [3.63, 3.8) is 0 Å². The molecule has 0 amide bonds. The molecule has 0 aliphatic carbocycles. The van der Waals surface area contributed by atoms with Crippen molar-refractivity contribution >= 4 is 11.5 Å². The third kappa shape index (κ3) is 3.02. The third-order valence-electron chi connectivity index (χ3n) is 4.31. The van der Waals surface area contributed by atoms with Crippen LogP contribution in [0.3, 0.4) is 0 Å². The van der Waals surface area contributed by atoms with Crippen molar-refractivity contribution in [2.75, 3.05) is 25.0 Å². The molecule has 5 heteroatoms. The maximum absolute atomic E-state index is 4.65. The zero-order chi connectivity index (χ0) is 14.8. The number of hydrogen-bond donors (Lipinski definition) is 1. The summed E-state index contributed by atoms with van der Waals surface area (Å²) < 4.78 is 1.89. The number of fused-ring (bicyclic) bond motifs is 1. The Hall–Kier alpha value is -1.62. The van der Waals surface area contributed by atoms with Crippen LogP contribution >= 0.6 is 0 Å². The first-order valence-electron chi connectivity index (χ1n) is 7.98. The summed E-state index contributed by atoms with van der Waals surface area (Å²) in [5.74, 6) is 1.46. The van der Waals surface area contributed by atoms with Crippen LogP contribution in [-0.4, -0.2) is 45.2 Å². The van der Waals surface area contributed by atoms with Crippen LogP contribution in [0.4, 0.5) is 5.82 Å². The highest BCUT2D eigenvalue weighted by atomic mass is 15.3. The van der Waals surface area contributed by atoms with Crippen molar-refractivity contribution in [1.29, 1.82) is 0 Å². The highest BCUT2D eigenvalue weighted by Gasteiger charge is 2.18. The maximum atomic E-state index is 4.65.